The number of hydrogen-bond acceptors (Lipinski definition) is 4. The zero-order valence-corrected chi connectivity index (χ0v) is 10.8. The second-order valence-corrected chi connectivity index (χ2v) is 6.00. The van der Waals surface area contributed by atoms with Gasteiger partial charge in [-0.3, -0.25) is 0 Å². The summed E-state index contributed by atoms with van der Waals surface area (Å²) in [5.74, 6) is 0. The van der Waals surface area contributed by atoms with Crippen LogP contribution in [0.5, 0.6) is 0 Å². The smallest absolute Gasteiger partial charge is 0.407 e. The van der Waals surface area contributed by atoms with E-state index < -0.39 is 5.60 Å². The number of nitrogens with one attached hydrogen (secondary N) is 2. The van der Waals surface area contributed by atoms with E-state index in [2.05, 4.69) is 10.6 Å². The second-order valence-electron chi connectivity index (χ2n) is 6.00. The van der Waals surface area contributed by atoms with E-state index in [0.717, 1.165) is 26.1 Å². The highest BCUT2D eigenvalue weighted by atomic mass is 16.6. The van der Waals surface area contributed by atoms with Crippen molar-refractivity contribution < 1.29 is 14.3 Å². The van der Waals surface area contributed by atoms with Crippen molar-refractivity contribution in [3.8, 4) is 0 Å². The lowest BCUT2D eigenvalue weighted by Gasteiger charge is -2.29. The second kappa shape index (κ2) is 4.46. The van der Waals surface area contributed by atoms with Crippen molar-refractivity contribution in [3.05, 3.63) is 0 Å². The van der Waals surface area contributed by atoms with Gasteiger partial charge in [-0.1, -0.05) is 0 Å². The maximum absolute atomic E-state index is 11.7. The maximum Gasteiger partial charge on any atom is 0.407 e. The lowest BCUT2D eigenvalue weighted by molar-refractivity contribution is 0.0474. The van der Waals surface area contributed by atoms with Crippen LogP contribution in [0.15, 0.2) is 0 Å². The summed E-state index contributed by atoms with van der Waals surface area (Å²) in [5.41, 5.74) is -0.387. The van der Waals surface area contributed by atoms with Crippen molar-refractivity contribution in [1.82, 2.24) is 10.6 Å². The minimum Gasteiger partial charge on any atom is -0.444 e. The van der Waals surface area contributed by atoms with Crippen LogP contribution in [0.2, 0.25) is 0 Å². The number of carbonyl (C=O) groups excluding carboxylic acids is 1. The van der Waals surface area contributed by atoms with Crippen molar-refractivity contribution in [1.29, 1.82) is 0 Å². The first-order chi connectivity index (χ1) is 7.91. The minimum atomic E-state index is -0.454. The standard InChI is InChI=1S/C12H22N2O3/c1-11(2,3)17-10(15)14-9-6-16-8-12(9)4-5-13-7-12/h9,13H,4-8H2,1-3H3,(H,14,15). The van der Waals surface area contributed by atoms with Gasteiger partial charge >= 0.3 is 6.09 Å². The molecule has 2 saturated heterocycles. The Kier molecular flexibility index (Phi) is 3.32. The summed E-state index contributed by atoms with van der Waals surface area (Å²) in [5, 5.41) is 6.28. The first kappa shape index (κ1) is 12.6. The Morgan fingerprint density at radius 2 is 2.29 bits per heavy atom. The van der Waals surface area contributed by atoms with Crippen LogP contribution < -0.4 is 10.6 Å². The molecule has 2 heterocycles. The number of ether oxygens (including phenoxy) is 2. The van der Waals surface area contributed by atoms with Crippen molar-refractivity contribution in [2.45, 2.75) is 38.8 Å². The quantitative estimate of drug-likeness (QED) is 0.717. The highest BCUT2D eigenvalue weighted by Gasteiger charge is 2.47. The third-order valence-corrected chi connectivity index (χ3v) is 3.38. The predicted octanol–water partition coefficient (Wildman–Crippen LogP) is 0.890. The van der Waals surface area contributed by atoms with E-state index in [9.17, 15) is 4.79 Å². The van der Waals surface area contributed by atoms with Gasteiger partial charge in [0.1, 0.15) is 5.60 Å². The van der Waals surface area contributed by atoms with Gasteiger partial charge in [-0.15, -0.1) is 0 Å². The lowest BCUT2D eigenvalue weighted by atomic mass is 9.82. The van der Waals surface area contributed by atoms with Gasteiger partial charge in [0.05, 0.1) is 19.3 Å². The molecule has 2 aliphatic heterocycles. The van der Waals surface area contributed by atoms with Crippen LogP contribution in [0.3, 0.4) is 0 Å². The Labute approximate surface area is 102 Å². The van der Waals surface area contributed by atoms with Crippen LogP contribution in [-0.2, 0) is 9.47 Å². The van der Waals surface area contributed by atoms with Gasteiger partial charge in [0.15, 0.2) is 0 Å². The van der Waals surface area contributed by atoms with Crippen LogP contribution in [-0.4, -0.2) is 44.0 Å². The Hall–Kier alpha value is -0.810. The van der Waals surface area contributed by atoms with E-state index in [0.29, 0.717) is 6.61 Å². The molecular weight excluding hydrogens is 220 g/mol. The van der Waals surface area contributed by atoms with Crippen molar-refractivity contribution in [2.75, 3.05) is 26.3 Å². The van der Waals surface area contributed by atoms with Crippen LogP contribution in [0.4, 0.5) is 4.79 Å². The van der Waals surface area contributed by atoms with E-state index >= 15 is 0 Å². The van der Waals surface area contributed by atoms with Crippen molar-refractivity contribution >= 4 is 6.09 Å². The third-order valence-electron chi connectivity index (χ3n) is 3.38. The molecule has 0 aromatic carbocycles. The highest BCUT2D eigenvalue weighted by molar-refractivity contribution is 5.68. The van der Waals surface area contributed by atoms with Gasteiger partial charge in [-0.05, 0) is 33.7 Å². The Balaban J connectivity index is 1.92. The SMILES string of the molecule is CC(C)(C)OC(=O)NC1COCC12CCNC2. The van der Waals surface area contributed by atoms with Gasteiger partial charge in [-0.25, -0.2) is 4.79 Å². The van der Waals surface area contributed by atoms with Gasteiger partial charge in [0, 0.05) is 12.0 Å². The number of carbonyl (C=O) groups is 1. The van der Waals surface area contributed by atoms with Gasteiger partial charge in [-0.2, -0.15) is 0 Å². The molecule has 2 atom stereocenters. The average Bonchev–Trinajstić information content (AvgIpc) is 2.76. The van der Waals surface area contributed by atoms with Crippen molar-refractivity contribution in [2.24, 2.45) is 5.41 Å². The zero-order chi connectivity index (χ0) is 12.5. The summed E-state index contributed by atoms with van der Waals surface area (Å²) in [6.45, 7) is 8.81. The van der Waals surface area contributed by atoms with Crippen LogP contribution in [0, 0.1) is 5.41 Å². The molecule has 0 saturated carbocycles. The fourth-order valence-electron chi connectivity index (χ4n) is 2.49. The molecule has 0 bridgehead atoms. The van der Waals surface area contributed by atoms with E-state index in [1.807, 2.05) is 20.8 Å². The Bertz CT molecular complexity index is 287. The predicted molar refractivity (Wildman–Crippen MR) is 63.9 cm³/mol. The Morgan fingerprint density at radius 3 is 2.88 bits per heavy atom. The topological polar surface area (TPSA) is 59.6 Å². The summed E-state index contributed by atoms with van der Waals surface area (Å²) in [6, 6.07) is 0.0624. The summed E-state index contributed by atoms with van der Waals surface area (Å²) in [4.78, 5) is 11.7. The monoisotopic (exact) mass is 242 g/mol. The van der Waals surface area contributed by atoms with Crippen LogP contribution in [0.1, 0.15) is 27.2 Å². The molecule has 1 spiro atoms. The summed E-state index contributed by atoms with van der Waals surface area (Å²) in [7, 11) is 0. The largest absolute Gasteiger partial charge is 0.444 e. The molecule has 2 aliphatic rings. The fourth-order valence-corrected chi connectivity index (χ4v) is 2.49. The molecule has 2 N–H and O–H groups in total. The molecule has 0 aliphatic carbocycles. The number of rotatable bonds is 1. The minimum absolute atomic E-state index is 0.0624. The van der Waals surface area contributed by atoms with Crippen LogP contribution in [0.25, 0.3) is 0 Å². The number of hydrogen-bond donors (Lipinski definition) is 2. The zero-order valence-electron chi connectivity index (χ0n) is 10.8. The molecule has 0 radical (unpaired) electrons. The number of alkyl carbamates (subject to hydrolysis) is 1. The molecule has 0 aromatic rings. The van der Waals surface area contributed by atoms with E-state index in [4.69, 9.17) is 9.47 Å². The van der Waals surface area contributed by atoms with Gasteiger partial charge < -0.3 is 20.1 Å². The Morgan fingerprint density at radius 1 is 1.53 bits per heavy atom. The molecule has 5 nitrogen and oxygen atoms in total. The maximum atomic E-state index is 11.7. The van der Waals surface area contributed by atoms with Gasteiger partial charge in [0.2, 0.25) is 0 Å². The fraction of sp³-hybridized carbons (Fsp3) is 0.917. The first-order valence-electron chi connectivity index (χ1n) is 6.19. The van der Waals surface area contributed by atoms with E-state index in [1.54, 1.807) is 0 Å². The first-order valence-corrected chi connectivity index (χ1v) is 6.19. The molecule has 0 aromatic heterocycles. The molecule has 2 fully saturated rings. The summed E-state index contributed by atoms with van der Waals surface area (Å²) in [6.07, 6.45) is 0.701. The molecule has 1 amide bonds. The molecule has 2 rings (SSSR count). The molecule has 98 valence electrons. The lowest BCUT2D eigenvalue weighted by Crippen LogP contribution is -2.49. The van der Waals surface area contributed by atoms with E-state index in [-0.39, 0.29) is 17.6 Å². The van der Waals surface area contributed by atoms with Gasteiger partial charge in [0.25, 0.3) is 0 Å². The summed E-state index contributed by atoms with van der Waals surface area (Å²) >= 11 is 0. The molecule has 2 unspecified atom stereocenters. The van der Waals surface area contributed by atoms with E-state index in [1.165, 1.54) is 0 Å². The average molecular weight is 242 g/mol. The third kappa shape index (κ3) is 2.90. The van der Waals surface area contributed by atoms with Crippen molar-refractivity contribution in [3.63, 3.8) is 0 Å². The molecule has 5 heteroatoms. The molecule has 17 heavy (non-hydrogen) atoms. The highest BCUT2D eigenvalue weighted by Crippen LogP contribution is 2.35. The molecular formula is C12H22N2O3. The number of amides is 1. The normalized spacial score (nSPS) is 33.0. The summed E-state index contributed by atoms with van der Waals surface area (Å²) < 4.78 is 10.8. The van der Waals surface area contributed by atoms with Crippen LogP contribution >= 0.6 is 0 Å².